The van der Waals surface area contributed by atoms with E-state index in [1.54, 1.807) is 11.8 Å². The van der Waals surface area contributed by atoms with E-state index < -0.39 is 0 Å². The van der Waals surface area contributed by atoms with E-state index in [9.17, 15) is 4.79 Å². The molecule has 0 fully saturated rings. The number of hydrogen-bond acceptors (Lipinski definition) is 3. The maximum Gasteiger partial charge on any atom is 0.234 e. The van der Waals surface area contributed by atoms with Gasteiger partial charge < -0.3 is 5.32 Å². The number of thioether (sulfide) groups is 1. The SMILES string of the molecule is C#CCNCC(=O)NC(CC)CSC. The Morgan fingerprint density at radius 2 is 2.36 bits per heavy atom. The summed E-state index contributed by atoms with van der Waals surface area (Å²) >= 11 is 1.74. The molecule has 14 heavy (non-hydrogen) atoms. The molecule has 0 aromatic carbocycles. The first kappa shape index (κ1) is 13.3. The van der Waals surface area contributed by atoms with E-state index in [1.165, 1.54) is 0 Å². The summed E-state index contributed by atoms with van der Waals surface area (Å²) in [6.45, 7) is 2.80. The van der Waals surface area contributed by atoms with Crippen molar-refractivity contribution in [2.24, 2.45) is 0 Å². The molecule has 0 heterocycles. The molecule has 0 aliphatic heterocycles. The first-order valence-electron chi connectivity index (χ1n) is 4.67. The van der Waals surface area contributed by atoms with Crippen molar-refractivity contribution in [3.05, 3.63) is 0 Å². The Kier molecular flexibility index (Phi) is 8.50. The number of terminal acetylenes is 1. The second-order valence-electron chi connectivity index (χ2n) is 2.94. The number of carbonyl (C=O) groups is 1. The van der Waals surface area contributed by atoms with Crippen molar-refractivity contribution in [2.75, 3.05) is 25.1 Å². The Balaban J connectivity index is 3.63. The molecule has 0 bridgehead atoms. The highest BCUT2D eigenvalue weighted by Gasteiger charge is 2.08. The first-order valence-corrected chi connectivity index (χ1v) is 6.06. The van der Waals surface area contributed by atoms with Gasteiger partial charge in [0, 0.05) is 11.8 Å². The molecule has 2 N–H and O–H groups in total. The molecule has 1 unspecified atom stereocenters. The van der Waals surface area contributed by atoms with E-state index in [1.807, 2.05) is 6.26 Å². The summed E-state index contributed by atoms with van der Waals surface area (Å²) in [5, 5.41) is 5.79. The lowest BCUT2D eigenvalue weighted by Gasteiger charge is -2.15. The summed E-state index contributed by atoms with van der Waals surface area (Å²) in [5.74, 6) is 3.39. The zero-order chi connectivity index (χ0) is 10.8. The van der Waals surface area contributed by atoms with Gasteiger partial charge in [-0.05, 0) is 12.7 Å². The molecule has 1 atom stereocenters. The van der Waals surface area contributed by atoms with E-state index in [4.69, 9.17) is 6.42 Å². The minimum atomic E-state index is 0.0150. The third kappa shape index (κ3) is 6.81. The van der Waals surface area contributed by atoms with E-state index >= 15 is 0 Å². The Labute approximate surface area is 90.4 Å². The number of carbonyl (C=O) groups excluding carboxylic acids is 1. The zero-order valence-corrected chi connectivity index (χ0v) is 9.62. The average Bonchev–Trinajstić information content (AvgIpc) is 2.17. The van der Waals surface area contributed by atoms with Crippen LogP contribution in [-0.4, -0.2) is 37.0 Å². The van der Waals surface area contributed by atoms with Crippen LogP contribution in [0, 0.1) is 12.3 Å². The minimum absolute atomic E-state index is 0.0150. The molecule has 0 aliphatic carbocycles. The quantitative estimate of drug-likeness (QED) is 0.478. The monoisotopic (exact) mass is 214 g/mol. The molecule has 4 heteroatoms. The molecule has 0 aromatic heterocycles. The van der Waals surface area contributed by atoms with E-state index in [0.717, 1.165) is 12.2 Å². The van der Waals surface area contributed by atoms with Crippen LogP contribution in [-0.2, 0) is 4.79 Å². The molecule has 0 aliphatic rings. The van der Waals surface area contributed by atoms with Gasteiger partial charge in [-0.2, -0.15) is 11.8 Å². The van der Waals surface area contributed by atoms with Crippen LogP contribution < -0.4 is 10.6 Å². The van der Waals surface area contributed by atoms with Crippen LogP contribution in [0.1, 0.15) is 13.3 Å². The highest BCUT2D eigenvalue weighted by Crippen LogP contribution is 2.00. The van der Waals surface area contributed by atoms with Crippen LogP contribution in [0.5, 0.6) is 0 Å². The van der Waals surface area contributed by atoms with Crippen molar-refractivity contribution < 1.29 is 4.79 Å². The van der Waals surface area contributed by atoms with Crippen LogP contribution in [0.2, 0.25) is 0 Å². The number of amides is 1. The highest BCUT2D eigenvalue weighted by molar-refractivity contribution is 7.98. The third-order valence-corrected chi connectivity index (χ3v) is 2.47. The van der Waals surface area contributed by atoms with Gasteiger partial charge in [-0.1, -0.05) is 12.8 Å². The number of rotatable bonds is 7. The zero-order valence-electron chi connectivity index (χ0n) is 8.80. The normalized spacial score (nSPS) is 11.8. The minimum Gasteiger partial charge on any atom is -0.351 e. The van der Waals surface area contributed by atoms with Gasteiger partial charge in [0.2, 0.25) is 5.91 Å². The molecule has 0 rings (SSSR count). The molecular weight excluding hydrogens is 196 g/mol. The lowest BCUT2D eigenvalue weighted by atomic mass is 10.2. The predicted octanol–water partition coefficient (Wildman–Crippen LogP) is 0.467. The first-order chi connectivity index (χ1) is 6.74. The van der Waals surface area contributed by atoms with E-state index in [-0.39, 0.29) is 11.9 Å². The smallest absolute Gasteiger partial charge is 0.234 e. The average molecular weight is 214 g/mol. The largest absolute Gasteiger partial charge is 0.351 e. The fraction of sp³-hybridized carbons (Fsp3) is 0.700. The lowest BCUT2D eigenvalue weighted by molar-refractivity contribution is -0.120. The molecule has 80 valence electrons. The van der Waals surface area contributed by atoms with Gasteiger partial charge in [0.25, 0.3) is 0 Å². The maximum absolute atomic E-state index is 11.3. The molecule has 0 radical (unpaired) electrons. The fourth-order valence-electron chi connectivity index (χ4n) is 0.990. The highest BCUT2D eigenvalue weighted by atomic mass is 32.2. The van der Waals surface area contributed by atoms with Gasteiger partial charge >= 0.3 is 0 Å². The molecule has 3 nitrogen and oxygen atoms in total. The van der Waals surface area contributed by atoms with E-state index in [2.05, 4.69) is 23.5 Å². The van der Waals surface area contributed by atoms with Crippen LogP contribution in [0.4, 0.5) is 0 Å². The topological polar surface area (TPSA) is 41.1 Å². The summed E-state index contributed by atoms with van der Waals surface area (Å²) in [6.07, 6.45) is 8.04. The van der Waals surface area contributed by atoms with Crippen LogP contribution in [0.15, 0.2) is 0 Å². The van der Waals surface area contributed by atoms with Crippen molar-refractivity contribution in [1.82, 2.24) is 10.6 Å². The summed E-state index contributed by atoms with van der Waals surface area (Å²) in [7, 11) is 0. The maximum atomic E-state index is 11.3. The summed E-state index contributed by atoms with van der Waals surface area (Å²) in [6, 6.07) is 0.269. The molecule has 0 saturated heterocycles. The Morgan fingerprint density at radius 3 is 2.86 bits per heavy atom. The van der Waals surface area contributed by atoms with Gasteiger partial charge in [0.1, 0.15) is 0 Å². The predicted molar refractivity (Wildman–Crippen MR) is 62.3 cm³/mol. The molecule has 0 spiro atoms. The van der Waals surface area contributed by atoms with Gasteiger partial charge in [-0.25, -0.2) is 0 Å². The van der Waals surface area contributed by atoms with Crippen LogP contribution in [0.3, 0.4) is 0 Å². The van der Waals surface area contributed by atoms with Gasteiger partial charge in [-0.15, -0.1) is 6.42 Å². The van der Waals surface area contributed by atoms with Crippen LogP contribution >= 0.6 is 11.8 Å². The summed E-state index contributed by atoms with van der Waals surface area (Å²) < 4.78 is 0. The fourth-order valence-corrected chi connectivity index (χ4v) is 1.71. The number of hydrogen-bond donors (Lipinski definition) is 2. The van der Waals surface area contributed by atoms with Crippen molar-refractivity contribution in [2.45, 2.75) is 19.4 Å². The van der Waals surface area contributed by atoms with Crippen molar-refractivity contribution in [1.29, 1.82) is 0 Å². The molecule has 1 amide bonds. The van der Waals surface area contributed by atoms with Gasteiger partial charge in [0.15, 0.2) is 0 Å². The van der Waals surface area contributed by atoms with Gasteiger partial charge in [0.05, 0.1) is 13.1 Å². The molecular formula is C10H18N2OS. The third-order valence-electron chi connectivity index (χ3n) is 1.74. The van der Waals surface area contributed by atoms with Crippen molar-refractivity contribution >= 4 is 17.7 Å². The lowest BCUT2D eigenvalue weighted by Crippen LogP contribution is -2.41. The molecule has 0 saturated carbocycles. The Hall–Kier alpha value is -0.660. The summed E-state index contributed by atoms with van der Waals surface area (Å²) in [4.78, 5) is 11.3. The summed E-state index contributed by atoms with van der Waals surface area (Å²) in [5.41, 5.74) is 0. The van der Waals surface area contributed by atoms with Crippen molar-refractivity contribution in [3.8, 4) is 12.3 Å². The van der Waals surface area contributed by atoms with E-state index in [0.29, 0.717) is 13.1 Å². The van der Waals surface area contributed by atoms with Gasteiger partial charge in [-0.3, -0.25) is 10.1 Å². The second-order valence-corrected chi connectivity index (χ2v) is 3.85. The van der Waals surface area contributed by atoms with Crippen molar-refractivity contribution in [3.63, 3.8) is 0 Å². The van der Waals surface area contributed by atoms with Crippen LogP contribution in [0.25, 0.3) is 0 Å². The molecule has 0 aromatic rings. The standard InChI is InChI=1S/C10H18N2OS/c1-4-6-11-7-10(13)12-9(5-2)8-14-3/h1,9,11H,5-8H2,2-3H3,(H,12,13). The Morgan fingerprint density at radius 1 is 1.64 bits per heavy atom. The second kappa shape index (κ2) is 8.92. The number of nitrogens with one attached hydrogen (secondary N) is 2. The Bertz CT molecular complexity index is 201.